The Balaban J connectivity index is 2.09. The van der Waals surface area contributed by atoms with E-state index >= 15 is 0 Å². The fraction of sp³-hybridized carbons (Fsp3) is 0.333. The van der Waals surface area contributed by atoms with Crippen molar-refractivity contribution in [2.75, 3.05) is 0 Å². The number of halogens is 1. The molecule has 0 atom stereocenters. The van der Waals surface area contributed by atoms with Gasteiger partial charge in [0.1, 0.15) is 4.60 Å². The Morgan fingerprint density at radius 1 is 1.25 bits per heavy atom. The van der Waals surface area contributed by atoms with Crippen LogP contribution in [0.15, 0.2) is 35.5 Å². The van der Waals surface area contributed by atoms with E-state index in [0.29, 0.717) is 5.92 Å². The Hall–Kier alpha value is -1.62. The van der Waals surface area contributed by atoms with Gasteiger partial charge in [-0.2, -0.15) is 5.10 Å². The van der Waals surface area contributed by atoms with Crippen LogP contribution in [0.2, 0.25) is 0 Å². The van der Waals surface area contributed by atoms with Crippen LogP contribution in [0.25, 0.3) is 22.0 Å². The number of pyridine rings is 1. The summed E-state index contributed by atoms with van der Waals surface area (Å²) < 4.78 is 4.96. The first-order valence-electron chi connectivity index (χ1n) is 6.68. The smallest absolute Gasteiger partial charge is 0.106 e. The third-order valence-corrected chi connectivity index (χ3v) is 3.77. The van der Waals surface area contributed by atoms with Crippen LogP contribution >= 0.6 is 15.9 Å². The van der Waals surface area contributed by atoms with Gasteiger partial charge in [0.2, 0.25) is 0 Å². The lowest BCUT2D eigenvalue weighted by molar-refractivity contribution is 0.483. The number of aryl methyl sites for hydroxylation is 1. The Kier molecular flexibility index (Phi) is 3.38. The number of hydrogen-bond acceptors (Lipinski definition) is 2. The zero-order chi connectivity index (χ0) is 14.3. The van der Waals surface area contributed by atoms with Gasteiger partial charge in [0, 0.05) is 42.5 Å². The number of nitrogens with zero attached hydrogens (tertiary/aromatic N) is 4. The van der Waals surface area contributed by atoms with E-state index in [1.54, 1.807) is 0 Å². The maximum atomic E-state index is 4.45. The lowest BCUT2D eigenvalue weighted by Gasteiger charge is -2.03. The van der Waals surface area contributed by atoms with Gasteiger partial charge in [0.05, 0.1) is 17.9 Å². The van der Waals surface area contributed by atoms with Crippen LogP contribution in [-0.2, 0) is 13.6 Å². The van der Waals surface area contributed by atoms with E-state index in [9.17, 15) is 0 Å². The normalized spacial score (nSPS) is 11.7. The summed E-state index contributed by atoms with van der Waals surface area (Å²) in [5.74, 6) is 0.591. The largest absolute Gasteiger partial charge is 0.349 e. The van der Waals surface area contributed by atoms with Crippen molar-refractivity contribution in [1.29, 1.82) is 0 Å². The van der Waals surface area contributed by atoms with Crippen LogP contribution in [-0.4, -0.2) is 19.3 Å². The van der Waals surface area contributed by atoms with Gasteiger partial charge >= 0.3 is 0 Å². The molecule has 0 spiro atoms. The van der Waals surface area contributed by atoms with Crippen LogP contribution < -0.4 is 0 Å². The number of fused-ring (bicyclic) bond motifs is 1. The molecule has 0 aliphatic carbocycles. The molecular formula is C15H17BrN4. The highest BCUT2D eigenvalue weighted by molar-refractivity contribution is 9.10. The molecular weight excluding hydrogens is 316 g/mol. The minimum absolute atomic E-state index is 0.591. The van der Waals surface area contributed by atoms with Crippen molar-refractivity contribution in [2.45, 2.75) is 20.4 Å². The Labute approximate surface area is 126 Å². The first kappa shape index (κ1) is 13.4. The summed E-state index contributed by atoms with van der Waals surface area (Å²) in [5.41, 5.74) is 3.47. The van der Waals surface area contributed by atoms with E-state index in [0.717, 1.165) is 22.2 Å². The average molecular weight is 333 g/mol. The highest BCUT2D eigenvalue weighted by Gasteiger charge is 2.11. The molecule has 5 heteroatoms. The summed E-state index contributed by atoms with van der Waals surface area (Å²) in [5, 5.41) is 5.64. The highest BCUT2D eigenvalue weighted by Crippen LogP contribution is 2.31. The predicted octanol–water partition coefficient (Wildman–Crippen LogP) is 3.86. The predicted molar refractivity (Wildman–Crippen MR) is 84.5 cm³/mol. The van der Waals surface area contributed by atoms with Crippen LogP contribution in [0.3, 0.4) is 0 Å². The molecule has 0 saturated carbocycles. The minimum atomic E-state index is 0.591. The molecule has 0 fully saturated rings. The summed E-state index contributed by atoms with van der Waals surface area (Å²) in [7, 11) is 2.04. The van der Waals surface area contributed by atoms with Crippen molar-refractivity contribution < 1.29 is 0 Å². The number of rotatable bonds is 3. The molecule has 4 nitrogen and oxygen atoms in total. The molecule has 0 N–H and O–H groups in total. The minimum Gasteiger partial charge on any atom is -0.349 e. The molecule has 0 amide bonds. The van der Waals surface area contributed by atoms with E-state index in [-0.39, 0.29) is 0 Å². The second kappa shape index (κ2) is 5.05. The first-order valence-corrected chi connectivity index (χ1v) is 7.47. The first-order chi connectivity index (χ1) is 9.54. The van der Waals surface area contributed by atoms with Crippen molar-refractivity contribution in [3.05, 3.63) is 35.5 Å². The molecule has 0 aromatic carbocycles. The average Bonchev–Trinajstić information content (AvgIpc) is 2.94. The van der Waals surface area contributed by atoms with Crippen molar-refractivity contribution in [3.63, 3.8) is 0 Å². The van der Waals surface area contributed by atoms with E-state index in [1.165, 1.54) is 10.9 Å². The van der Waals surface area contributed by atoms with Gasteiger partial charge in [-0.3, -0.25) is 4.68 Å². The van der Waals surface area contributed by atoms with Gasteiger partial charge < -0.3 is 4.57 Å². The second-order valence-electron chi connectivity index (χ2n) is 5.52. The van der Waals surface area contributed by atoms with Crippen molar-refractivity contribution in [1.82, 2.24) is 19.3 Å². The SMILES string of the molecule is CC(C)Cn1cc(-c2cn(C)c3cnc(Br)cc23)cn1. The van der Waals surface area contributed by atoms with E-state index in [4.69, 9.17) is 0 Å². The van der Waals surface area contributed by atoms with Gasteiger partial charge in [0.15, 0.2) is 0 Å². The zero-order valence-electron chi connectivity index (χ0n) is 11.8. The van der Waals surface area contributed by atoms with Crippen molar-refractivity contribution in [2.24, 2.45) is 13.0 Å². The van der Waals surface area contributed by atoms with Crippen LogP contribution in [0.4, 0.5) is 0 Å². The van der Waals surface area contributed by atoms with Gasteiger partial charge in [-0.1, -0.05) is 13.8 Å². The van der Waals surface area contributed by atoms with E-state index in [2.05, 4.69) is 62.9 Å². The molecule has 104 valence electrons. The van der Waals surface area contributed by atoms with Gasteiger partial charge in [-0.15, -0.1) is 0 Å². The fourth-order valence-electron chi connectivity index (χ4n) is 2.46. The molecule has 0 unspecified atom stereocenters. The Morgan fingerprint density at radius 2 is 2.05 bits per heavy atom. The maximum absolute atomic E-state index is 4.45. The van der Waals surface area contributed by atoms with Crippen molar-refractivity contribution >= 4 is 26.8 Å². The molecule has 0 radical (unpaired) electrons. The molecule has 3 rings (SSSR count). The third kappa shape index (κ3) is 2.38. The summed E-state index contributed by atoms with van der Waals surface area (Å²) >= 11 is 3.45. The summed E-state index contributed by atoms with van der Waals surface area (Å²) in [6.45, 7) is 5.33. The topological polar surface area (TPSA) is 35.6 Å². The van der Waals surface area contributed by atoms with Crippen LogP contribution in [0.5, 0.6) is 0 Å². The molecule has 3 aromatic rings. The molecule has 3 aromatic heterocycles. The summed E-state index contributed by atoms with van der Waals surface area (Å²) in [6.07, 6.45) is 8.07. The second-order valence-corrected chi connectivity index (χ2v) is 6.34. The van der Waals surface area contributed by atoms with Crippen LogP contribution in [0.1, 0.15) is 13.8 Å². The number of aromatic nitrogens is 4. The number of hydrogen-bond donors (Lipinski definition) is 0. The van der Waals surface area contributed by atoms with Gasteiger partial charge in [-0.05, 0) is 27.9 Å². The lowest BCUT2D eigenvalue weighted by atomic mass is 10.1. The van der Waals surface area contributed by atoms with E-state index < -0.39 is 0 Å². The van der Waals surface area contributed by atoms with Gasteiger partial charge in [0.25, 0.3) is 0 Å². The molecule has 20 heavy (non-hydrogen) atoms. The maximum Gasteiger partial charge on any atom is 0.106 e. The van der Waals surface area contributed by atoms with E-state index in [1.807, 2.05) is 24.1 Å². The monoisotopic (exact) mass is 332 g/mol. The standard InChI is InChI=1S/C15H17BrN4/c1-10(2)7-20-8-11(5-18-20)13-9-19(3)14-6-17-15(16)4-12(13)14/h4-6,8-10H,7H2,1-3H3. The third-order valence-electron chi connectivity index (χ3n) is 3.34. The zero-order valence-corrected chi connectivity index (χ0v) is 13.4. The Morgan fingerprint density at radius 3 is 2.80 bits per heavy atom. The Bertz CT molecular complexity index is 754. The molecule has 0 bridgehead atoms. The molecule has 0 saturated heterocycles. The molecule has 3 heterocycles. The fourth-order valence-corrected chi connectivity index (χ4v) is 2.79. The van der Waals surface area contributed by atoms with Crippen LogP contribution in [0, 0.1) is 5.92 Å². The highest BCUT2D eigenvalue weighted by atomic mass is 79.9. The van der Waals surface area contributed by atoms with Gasteiger partial charge in [-0.25, -0.2) is 4.98 Å². The molecule has 0 aliphatic heterocycles. The van der Waals surface area contributed by atoms with Crippen molar-refractivity contribution in [3.8, 4) is 11.1 Å². The quantitative estimate of drug-likeness (QED) is 0.683. The lowest BCUT2D eigenvalue weighted by Crippen LogP contribution is -2.03. The molecule has 0 aliphatic rings. The summed E-state index contributed by atoms with van der Waals surface area (Å²) in [6, 6.07) is 2.06. The summed E-state index contributed by atoms with van der Waals surface area (Å²) in [4.78, 5) is 4.29.